The van der Waals surface area contributed by atoms with E-state index in [4.69, 9.17) is 10.00 Å². The molecule has 0 aliphatic carbocycles. The summed E-state index contributed by atoms with van der Waals surface area (Å²) in [5.41, 5.74) is 0.632. The predicted molar refractivity (Wildman–Crippen MR) is 122 cm³/mol. The molecule has 8 heteroatoms. The Balaban J connectivity index is 1.58. The first-order valence-electron chi connectivity index (χ1n) is 11.5. The molecule has 2 aliphatic heterocycles. The molecule has 2 aromatic rings. The van der Waals surface area contributed by atoms with Gasteiger partial charge in [-0.1, -0.05) is 17.7 Å². The average molecular weight is 472 g/mol. The summed E-state index contributed by atoms with van der Waals surface area (Å²) in [6, 6.07) is 13.0. The van der Waals surface area contributed by atoms with E-state index < -0.39 is 11.7 Å². The van der Waals surface area contributed by atoms with Gasteiger partial charge in [0, 0.05) is 55.4 Å². The van der Waals surface area contributed by atoms with Crippen molar-refractivity contribution in [1.82, 2.24) is 4.90 Å². The summed E-state index contributed by atoms with van der Waals surface area (Å²) in [6.07, 6.45) is -3.89. The number of hydrogen-bond acceptors (Lipinski definition) is 4. The van der Waals surface area contributed by atoms with Crippen LogP contribution in [0, 0.1) is 29.6 Å². The highest BCUT2D eigenvalue weighted by atomic mass is 19.4. The highest BCUT2D eigenvalue weighted by Crippen LogP contribution is 2.45. The van der Waals surface area contributed by atoms with Gasteiger partial charge in [-0.25, -0.2) is 0 Å². The summed E-state index contributed by atoms with van der Waals surface area (Å²) in [4.78, 5) is 17.0. The lowest BCUT2D eigenvalue weighted by Crippen LogP contribution is -2.49. The lowest BCUT2D eigenvalue weighted by Gasteiger charge is -2.44. The van der Waals surface area contributed by atoms with Crippen LogP contribution in [0.3, 0.4) is 0 Å². The lowest BCUT2D eigenvalue weighted by atomic mass is 9.73. The highest BCUT2D eigenvalue weighted by molar-refractivity contribution is 5.94. The summed E-state index contributed by atoms with van der Waals surface area (Å²) < 4.78 is 46.3. The zero-order valence-corrected chi connectivity index (χ0v) is 19.4. The Morgan fingerprint density at radius 2 is 1.94 bits per heavy atom. The molecule has 0 radical (unpaired) electrons. The molecule has 2 fully saturated rings. The number of aryl methyl sites for hydroxylation is 1. The zero-order valence-electron chi connectivity index (χ0n) is 19.4. The molecule has 0 N–H and O–H groups in total. The molecule has 4 rings (SSSR count). The fourth-order valence-corrected chi connectivity index (χ4v) is 5.15. The minimum Gasteiger partial charge on any atom is -0.381 e. The molecular weight excluding hydrogens is 443 g/mol. The van der Waals surface area contributed by atoms with Crippen molar-refractivity contribution < 1.29 is 22.7 Å². The van der Waals surface area contributed by atoms with Crippen molar-refractivity contribution in [2.45, 2.75) is 26.4 Å². The lowest BCUT2D eigenvalue weighted by molar-refractivity contribution is -0.137. The average Bonchev–Trinajstić information content (AvgIpc) is 3.21. The van der Waals surface area contributed by atoms with Crippen LogP contribution in [0.2, 0.25) is 0 Å². The predicted octanol–water partition coefficient (Wildman–Crippen LogP) is 4.89. The Morgan fingerprint density at radius 1 is 1.21 bits per heavy atom. The van der Waals surface area contributed by atoms with Gasteiger partial charge in [-0.05, 0) is 50.6 Å². The van der Waals surface area contributed by atoms with Crippen LogP contribution in [0.5, 0.6) is 0 Å². The SMILES string of the molecule is CCOCC12CCN(c3ccc(C#N)c(C(F)(F)F)c3)CC1CN(C(=O)c1ccc(C)cc1)C2. The highest BCUT2D eigenvalue weighted by Gasteiger charge is 2.51. The molecule has 34 heavy (non-hydrogen) atoms. The Kier molecular flexibility index (Phi) is 6.59. The van der Waals surface area contributed by atoms with Gasteiger partial charge in [0.05, 0.1) is 23.8 Å². The fraction of sp³-hybridized carbons (Fsp3) is 0.462. The molecule has 2 aliphatic rings. The molecule has 0 saturated carbocycles. The van der Waals surface area contributed by atoms with Gasteiger partial charge in [-0.2, -0.15) is 18.4 Å². The summed E-state index contributed by atoms with van der Waals surface area (Å²) in [6.45, 7) is 7.15. The summed E-state index contributed by atoms with van der Waals surface area (Å²) in [7, 11) is 0. The van der Waals surface area contributed by atoms with Gasteiger partial charge in [0.15, 0.2) is 0 Å². The number of ether oxygens (including phenoxy) is 1. The number of hydrogen-bond donors (Lipinski definition) is 0. The number of amides is 1. The van der Waals surface area contributed by atoms with Crippen molar-refractivity contribution in [3.05, 3.63) is 64.7 Å². The van der Waals surface area contributed by atoms with Gasteiger partial charge < -0.3 is 14.5 Å². The van der Waals surface area contributed by atoms with Crippen LogP contribution < -0.4 is 4.90 Å². The maximum absolute atomic E-state index is 13.5. The second-order valence-electron chi connectivity index (χ2n) is 9.28. The third kappa shape index (κ3) is 4.62. The van der Waals surface area contributed by atoms with E-state index in [0.29, 0.717) is 57.1 Å². The maximum Gasteiger partial charge on any atom is 0.417 e. The summed E-state index contributed by atoms with van der Waals surface area (Å²) in [5, 5.41) is 9.10. The number of carbonyl (C=O) groups excluding carboxylic acids is 1. The van der Waals surface area contributed by atoms with Crippen molar-refractivity contribution in [3.8, 4) is 6.07 Å². The molecule has 2 unspecified atom stereocenters. The monoisotopic (exact) mass is 471 g/mol. The molecular formula is C26H28F3N3O2. The van der Waals surface area contributed by atoms with E-state index in [-0.39, 0.29) is 22.8 Å². The minimum atomic E-state index is -4.60. The Bertz CT molecular complexity index is 1090. The first-order chi connectivity index (χ1) is 16.2. The number of fused-ring (bicyclic) bond motifs is 1. The maximum atomic E-state index is 13.5. The van der Waals surface area contributed by atoms with Crippen LogP contribution in [0.15, 0.2) is 42.5 Å². The van der Waals surface area contributed by atoms with E-state index in [1.165, 1.54) is 6.07 Å². The Morgan fingerprint density at radius 3 is 2.59 bits per heavy atom. The summed E-state index contributed by atoms with van der Waals surface area (Å²) >= 11 is 0. The van der Waals surface area contributed by atoms with Gasteiger partial charge in [-0.15, -0.1) is 0 Å². The number of benzene rings is 2. The molecule has 0 aromatic heterocycles. The number of nitriles is 1. The topological polar surface area (TPSA) is 56.6 Å². The number of anilines is 1. The number of alkyl halides is 3. The van der Waals surface area contributed by atoms with Crippen LogP contribution in [0.25, 0.3) is 0 Å². The van der Waals surface area contributed by atoms with Gasteiger partial charge in [0.25, 0.3) is 5.91 Å². The second kappa shape index (κ2) is 9.30. The molecule has 2 saturated heterocycles. The standard InChI is InChI=1S/C26H28F3N3O2/c1-3-34-17-25-10-11-31(22-9-8-20(13-30)23(12-22)26(27,28)29)14-21(25)15-32(16-25)24(33)19-6-4-18(2)5-7-19/h4-9,12,21H,3,10-11,14-17H2,1-2H3. The Hall–Kier alpha value is -3.05. The number of halogens is 3. The fourth-order valence-electron chi connectivity index (χ4n) is 5.15. The zero-order chi connectivity index (χ0) is 24.5. The number of rotatable bonds is 5. The van der Waals surface area contributed by atoms with Gasteiger partial charge in [0.1, 0.15) is 0 Å². The van der Waals surface area contributed by atoms with E-state index in [9.17, 15) is 18.0 Å². The molecule has 0 spiro atoms. The molecule has 2 heterocycles. The second-order valence-corrected chi connectivity index (χ2v) is 9.28. The normalized spacial score (nSPS) is 22.4. The van der Waals surface area contributed by atoms with Crippen LogP contribution in [0.1, 0.15) is 40.4 Å². The van der Waals surface area contributed by atoms with E-state index >= 15 is 0 Å². The number of nitrogens with zero attached hydrogens (tertiary/aromatic N) is 3. The van der Waals surface area contributed by atoms with Crippen LogP contribution in [-0.4, -0.2) is 50.2 Å². The number of likely N-dealkylation sites (tertiary alicyclic amines) is 1. The molecule has 0 bridgehead atoms. The smallest absolute Gasteiger partial charge is 0.381 e. The van der Waals surface area contributed by atoms with Crippen LogP contribution >= 0.6 is 0 Å². The molecule has 2 atom stereocenters. The minimum absolute atomic E-state index is 0.0328. The first-order valence-corrected chi connectivity index (χ1v) is 11.5. The third-order valence-corrected chi connectivity index (χ3v) is 7.11. The molecule has 5 nitrogen and oxygen atoms in total. The van der Waals surface area contributed by atoms with Crippen molar-refractivity contribution in [3.63, 3.8) is 0 Å². The van der Waals surface area contributed by atoms with Crippen LogP contribution in [-0.2, 0) is 10.9 Å². The van der Waals surface area contributed by atoms with Crippen molar-refractivity contribution in [2.75, 3.05) is 44.3 Å². The first kappa shape index (κ1) is 24.1. The van der Waals surface area contributed by atoms with Crippen LogP contribution in [0.4, 0.5) is 18.9 Å². The van der Waals surface area contributed by atoms with Crippen molar-refractivity contribution in [2.24, 2.45) is 11.3 Å². The Labute approximate surface area is 197 Å². The molecule has 180 valence electrons. The number of piperidine rings is 1. The van der Waals surface area contributed by atoms with E-state index in [2.05, 4.69) is 0 Å². The number of carbonyl (C=O) groups is 1. The quantitative estimate of drug-likeness (QED) is 0.623. The van der Waals surface area contributed by atoms with Gasteiger partial charge in [0.2, 0.25) is 0 Å². The largest absolute Gasteiger partial charge is 0.417 e. The van der Waals surface area contributed by atoms with E-state index in [1.54, 1.807) is 12.1 Å². The van der Waals surface area contributed by atoms with Gasteiger partial charge >= 0.3 is 6.18 Å². The van der Waals surface area contributed by atoms with Gasteiger partial charge in [-0.3, -0.25) is 4.79 Å². The molecule has 2 aromatic carbocycles. The van der Waals surface area contributed by atoms with Crippen molar-refractivity contribution in [1.29, 1.82) is 5.26 Å². The van der Waals surface area contributed by atoms with E-state index in [0.717, 1.165) is 11.6 Å². The summed E-state index contributed by atoms with van der Waals surface area (Å²) in [5.74, 6) is 0.0294. The van der Waals surface area contributed by atoms with Crippen molar-refractivity contribution >= 4 is 11.6 Å². The van der Waals surface area contributed by atoms with E-state index in [1.807, 2.05) is 47.9 Å². The third-order valence-electron chi connectivity index (χ3n) is 7.11. The molecule has 1 amide bonds.